The van der Waals surface area contributed by atoms with Crippen LogP contribution in [0.1, 0.15) is 43.0 Å². The molecule has 2 aliphatic heterocycles. The summed E-state index contributed by atoms with van der Waals surface area (Å²) in [6.07, 6.45) is 0.661. The van der Waals surface area contributed by atoms with Gasteiger partial charge in [0.1, 0.15) is 13.2 Å². The van der Waals surface area contributed by atoms with Crippen LogP contribution in [0.4, 0.5) is 0 Å². The number of fused-ring (bicyclic) bond motifs is 1. The Bertz CT molecular complexity index is 1420. The first-order valence-corrected chi connectivity index (χ1v) is 13.7. The van der Waals surface area contributed by atoms with Crippen LogP contribution >= 0.6 is 11.8 Å². The quantitative estimate of drug-likeness (QED) is 0.306. The summed E-state index contributed by atoms with van der Waals surface area (Å²) in [5.74, 6) is 0.492. The topological polar surface area (TPSA) is 77.4 Å². The second kappa shape index (κ2) is 11.8. The van der Waals surface area contributed by atoms with E-state index in [0.717, 1.165) is 11.1 Å². The lowest BCUT2D eigenvalue weighted by Gasteiger charge is -2.33. The zero-order valence-corrected chi connectivity index (χ0v) is 22.9. The van der Waals surface area contributed by atoms with Crippen LogP contribution in [0.5, 0.6) is 11.5 Å². The van der Waals surface area contributed by atoms with Crippen molar-refractivity contribution in [2.24, 2.45) is 4.99 Å². The summed E-state index contributed by atoms with van der Waals surface area (Å²) in [5, 5.41) is 0.339. The number of hydrogen-bond acceptors (Lipinski definition) is 7. The molecule has 0 aromatic heterocycles. The van der Waals surface area contributed by atoms with Gasteiger partial charge in [-0.1, -0.05) is 85.4 Å². The number of amides is 1. The number of nitrogens with zero attached hydrogens (tertiary/aromatic N) is 2. The summed E-state index contributed by atoms with van der Waals surface area (Å²) >= 11 is 1.43. The van der Waals surface area contributed by atoms with Crippen LogP contribution in [0.2, 0.25) is 0 Å². The number of hydrogen-bond donors (Lipinski definition) is 0. The van der Waals surface area contributed by atoms with Crippen molar-refractivity contribution in [2.45, 2.75) is 44.8 Å². The van der Waals surface area contributed by atoms with E-state index < -0.39 is 12.0 Å². The van der Waals surface area contributed by atoms with E-state index in [1.807, 2.05) is 85.8 Å². The minimum absolute atomic E-state index is 0.0736. The Labute approximate surface area is 232 Å². The van der Waals surface area contributed by atoms with Crippen LogP contribution in [0.3, 0.4) is 0 Å². The maximum atomic E-state index is 13.5. The molecule has 5 rings (SSSR count). The van der Waals surface area contributed by atoms with Crippen LogP contribution in [0.15, 0.2) is 95.1 Å². The second-order valence-electron chi connectivity index (χ2n) is 9.27. The number of rotatable bonds is 9. The molecule has 0 unspecified atom stereocenters. The zero-order valence-electron chi connectivity index (χ0n) is 22.1. The molecule has 1 saturated heterocycles. The largest absolute Gasteiger partial charge is 0.493 e. The fraction of sp³-hybridized carbons (Fsp3) is 0.258. The number of esters is 1. The van der Waals surface area contributed by atoms with E-state index in [-0.39, 0.29) is 17.8 Å². The lowest BCUT2D eigenvalue weighted by Crippen LogP contribution is -2.40. The summed E-state index contributed by atoms with van der Waals surface area (Å²) in [6, 6.07) is 24.2. The molecule has 8 heteroatoms. The van der Waals surface area contributed by atoms with Crippen LogP contribution in [-0.2, 0) is 27.5 Å². The molecule has 0 N–H and O–H groups in total. The van der Waals surface area contributed by atoms with Crippen LogP contribution in [0.25, 0.3) is 0 Å². The molecular formula is C31H30N2O5S. The highest BCUT2D eigenvalue weighted by Crippen LogP contribution is 2.45. The molecule has 0 spiro atoms. The number of ether oxygens (including phenoxy) is 3. The van der Waals surface area contributed by atoms with Gasteiger partial charge in [0.2, 0.25) is 5.91 Å². The van der Waals surface area contributed by atoms with Crippen molar-refractivity contribution in [3.8, 4) is 11.5 Å². The summed E-state index contributed by atoms with van der Waals surface area (Å²) in [5.41, 5.74) is 3.48. The smallest absolute Gasteiger partial charge is 0.338 e. The Morgan fingerprint density at radius 2 is 1.62 bits per heavy atom. The molecule has 0 saturated carbocycles. The van der Waals surface area contributed by atoms with Gasteiger partial charge in [-0.25, -0.2) is 9.79 Å². The summed E-state index contributed by atoms with van der Waals surface area (Å²) in [4.78, 5) is 33.3. The van der Waals surface area contributed by atoms with Gasteiger partial charge in [0, 0.05) is 0 Å². The number of amidine groups is 1. The minimum atomic E-state index is -0.700. The first-order valence-electron chi connectivity index (χ1n) is 12.8. The molecular weight excluding hydrogens is 512 g/mol. The number of carbonyl (C=O) groups excluding carboxylic acids is 2. The predicted molar refractivity (Wildman–Crippen MR) is 151 cm³/mol. The van der Waals surface area contributed by atoms with Gasteiger partial charge in [-0.2, -0.15) is 0 Å². The Morgan fingerprint density at radius 1 is 0.949 bits per heavy atom. The molecule has 2 aliphatic rings. The minimum Gasteiger partial charge on any atom is -0.493 e. The van der Waals surface area contributed by atoms with E-state index in [0.29, 0.717) is 46.5 Å². The van der Waals surface area contributed by atoms with Gasteiger partial charge in [-0.05, 0) is 42.2 Å². The van der Waals surface area contributed by atoms with Crippen molar-refractivity contribution in [3.63, 3.8) is 0 Å². The van der Waals surface area contributed by atoms with Crippen molar-refractivity contribution >= 4 is 28.8 Å². The molecule has 1 amide bonds. The third kappa shape index (κ3) is 5.56. The standard InChI is InChI=1S/C31H30N2O5S/c1-4-26-29(34)33-28(23-15-16-24(25(17-23)36-3)37-18-21-11-7-5-8-12-21)27(20(2)32-31(33)39-26)30(35)38-19-22-13-9-6-10-14-22/h5-17,26,28H,4,18-19H2,1-3H3/t26-,28+/m1/s1. The van der Waals surface area contributed by atoms with E-state index >= 15 is 0 Å². The highest BCUT2D eigenvalue weighted by molar-refractivity contribution is 8.15. The summed E-state index contributed by atoms with van der Waals surface area (Å²) in [6.45, 7) is 4.26. The van der Waals surface area contributed by atoms with Gasteiger partial charge >= 0.3 is 5.97 Å². The van der Waals surface area contributed by atoms with Gasteiger partial charge in [0.25, 0.3) is 0 Å². The van der Waals surface area contributed by atoms with Crippen molar-refractivity contribution in [2.75, 3.05) is 7.11 Å². The van der Waals surface area contributed by atoms with E-state index in [1.165, 1.54) is 11.8 Å². The molecule has 2 heterocycles. The van der Waals surface area contributed by atoms with Crippen LogP contribution in [-0.4, -0.2) is 34.3 Å². The fourth-order valence-electron chi connectivity index (χ4n) is 4.68. The summed E-state index contributed by atoms with van der Waals surface area (Å²) in [7, 11) is 1.57. The SMILES string of the molecule is CC[C@H]1SC2=NC(C)=C(C(=O)OCc3ccccc3)[C@H](c3ccc(OCc4ccccc4)c(OC)c3)N2C1=O. The average Bonchev–Trinajstić information content (AvgIpc) is 3.29. The normalized spacial score (nSPS) is 18.5. The van der Waals surface area contributed by atoms with Gasteiger partial charge in [-0.15, -0.1) is 0 Å². The third-order valence-corrected chi connectivity index (χ3v) is 8.01. The molecule has 1 fully saturated rings. The van der Waals surface area contributed by atoms with Gasteiger partial charge < -0.3 is 14.2 Å². The zero-order chi connectivity index (χ0) is 27.4. The van der Waals surface area contributed by atoms with E-state index in [4.69, 9.17) is 14.2 Å². The highest BCUT2D eigenvalue weighted by Gasteiger charge is 2.47. The van der Waals surface area contributed by atoms with Crippen molar-refractivity contribution in [3.05, 3.63) is 107 Å². The van der Waals surface area contributed by atoms with Crippen molar-refractivity contribution in [1.82, 2.24) is 4.90 Å². The molecule has 7 nitrogen and oxygen atoms in total. The van der Waals surface area contributed by atoms with E-state index in [2.05, 4.69) is 4.99 Å². The Balaban J connectivity index is 1.48. The lowest BCUT2D eigenvalue weighted by atomic mass is 9.93. The van der Waals surface area contributed by atoms with Crippen LogP contribution < -0.4 is 9.47 Å². The number of carbonyl (C=O) groups is 2. The molecule has 2 atom stereocenters. The maximum Gasteiger partial charge on any atom is 0.338 e. The molecule has 3 aromatic carbocycles. The molecule has 200 valence electrons. The number of thioether (sulfide) groups is 1. The predicted octanol–water partition coefficient (Wildman–Crippen LogP) is 6.06. The number of benzene rings is 3. The number of aliphatic imine (C=N–C) groups is 1. The van der Waals surface area contributed by atoms with Gasteiger partial charge in [-0.3, -0.25) is 9.69 Å². The maximum absolute atomic E-state index is 13.5. The number of methoxy groups -OCH3 is 1. The second-order valence-corrected chi connectivity index (χ2v) is 10.4. The van der Waals surface area contributed by atoms with Gasteiger partial charge in [0.05, 0.1) is 29.7 Å². The molecule has 0 bridgehead atoms. The van der Waals surface area contributed by atoms with Crippen molar-refractivity contribution < 1.29 is 23.8 Å². The number of allylic oxidation sites excluding steroid dienone is 1. The summed E-state index contributed by atoms with van der Waals surface area (Å²) < 4.78 is 17.4. The Hall–Kier alpha value is -4.04. The molecule has 39 heavy (non-hydrogen) atoms. The molecule has 0 aliphatic carbocycles. The fourth-order valence-corrected chi connectivity index (χ4v) is 5.81. The first kappa shape index (κ1) is 26.6. The first-order chi connectivity index (χ1) is 19.0. The van der Waals surface area contributed by atoms with E-state index in [1.54, 1.807) is 18.9 Å². The monoisotopic (exact) mass is 542 g/mol. The van der Waals surface area contributed by atoms with Crippen LogP contribution in [0, 0.1) is 0 Å². The average molecular weight is 543 g/mol. The Morgan fingerprint density at radius 3 is 2.26 bits per heavy atom. The molecule has 0 radical (unpaired) electrons. The lowest BCUT2D eigenvalue weighted by molar-refractivity contribution is -0.141. The van der Waals surface area contributed by atoms with Gasteiger partial charge in [0.15, 0.2) is 16.7 Å². The third-order valence-electron chi connectivity index (χ3n) is 6.70. The Kier molecular flexibility index (Phi) is 8.02. The van der Waals surface area contributed by atoms with Crippen molar-refractivity contribution in [1.29, 1.82) is 0 Å². The molecule has 3 aromatic rings. The van der Waals surface area contributed by atoms with E-state index in [9.17, 15) is 9.59 Å². The highest BCUT2D eigenvalue weighted by atomic mass is 32.2.